The molecular weight excluding hydrogens is 178 g/mol. The highest BCUT2D eigenvalue weighted by Crippen LogP contribution is 2.11. The third kappa shape index (κ3) is 3.20. The van der Waals surface area contributed by atoms with Crippen molar-refractivity contribution in [2.24, 2.45) is 0 Å². The lowest BCUT2D eigenvalue weighted by atomic mass is 10.2. The van der Waals surface area contributed by atoms with Gasteiger partial charge in [0, 0.05) is 11.6 Å². The minimum atomic E-state index is -1.10. The van der Waals surface area contributed by atoms with Crippen LogP contribution in [0.2, 0.25) is 0 Å². The van der Waals surface area contributed by atoms with Gasteiger partial charge in [0.15, 0.2) is 0 Å². The van der Waals surface area contributed by atoms with Crippen LogP contribution in [-0.2, 0) is 4.79 Å². The Morgan fingerprint density at radius 3 is 2.86 bits per heavy atom. The highest BCUT2D eigenvalue weighted by Gasteiger charge is 1.92. The summed E-state index contributed by atoms with van der Waals surface area (Å²) >= 11 is 0. The molecule has 3 nitrogen and oxygen atoms in total. The molecule has 0 amide bonds. The van der Waals surface area contributed by atoms with Crippen molar-refractivity contribution in [1.82, 2.24) is 0 Å². The van der Waals surface area contributed by atoms with Crippen molar-refractivity contribution in [2.75, 3.05) is 11.9 Å². The van der Waals surface area contributed by atoms with Gasteiger partial charge in [-0.1, -0.05) is 24.1 Å². The number of carboxylic acids is 1. The summed E-state index contributed by atoms with van der Waals surface area (Å²) in [6.45, 7) is 2.32. The molecule has 0 atom stereocenters. The Morgan fingerprint density at radius 2 is 2.21 bits per heavy atom. The Hall–Kier alpha value is -1.95. The number of carbonyl (C=O) groups is 1. The smallest absolute Gasteiger partial charge is 0.381 e. The van der Waals surface area contributed by atoms with Crippen molar-refractivity contribution in [3.8, 4) is 11.8 Å². The van der Waals surface area contributed by atoms with Gasteiger partial charge in [-0.25, -0.2) is 4.79 Å². The van der Waals surface area contributed by atoms with Crippen molar-refractivity contribution < 1.29 is 9.90 Å². The number of nitrogens with one attached hydrogen (secondary N) is 1. The summed E-state index contributed by atoms with van der Waals surface area (Å²) in [6.07, 6.45) is 0. The number of hydrogen-bond donors (Lipinski definition) is 2. The van der Waals surface area contributed by atoms with Gasteiger partial charge in [-0.15, -0.1) is 0 Å². The minimum absolute atomic E-state index is 0.344. The van der Waals surface area contributed by atoms with Crippen LogP contribution in [0.4, 0.5) is 5.69 Å². The molecular formula is C11H11NO2. The van der Waals surface area contributed by atoms with Gasteiger partial charge < -0.3 is 10.4 Å². The fraction of sp³-hybridized carbons (Fsp3) is 0.182. The average Bonchev–Trinajstić information content (AvgIpc) is 2.15. The van der Waals surface area contributed by atoms with Crippen LogP contribution in [0.3, 0.4) is 0 Å². The first kappa shape index (κ1) is 10.1. The third-order valence-electron chi connectivity index (χ3n) is 1.71. The summed E-state index contributed by atoms with van der Waals surface area (Å²) in [5.41, 5.74) is 2.09. The zero-order valence-electron chi connectivity index (χ0n) is 7.87. The second-order valence-electron chi connectivity index (χ2n) is 2.78. The average molecular weight is 189 g/mol. The van der Waals surface area contributed by atoms with Crippen LogP contribution < -0.4 is 5.32 Å². The van der Waals surface area contributed by atoms with E-state index in [0.717, 1.165) is 11.3 Å². The van der Waals surface area contributed by atoms with Gasteiger partial charge >= 0.3 is 5.97 Å². The van der Waals surface area contributed by atoms with Crippen molar-refractivity contribution in [2.45, 2.75) is 6.92 Å². The zero-order chi connectivity index (χ0) is 10.4. The molecule has 0 saturated heterocycles. The molecule has 1 aromatic rings. The summed E-state index contributed by atoms with van der Waals surface area (Å²) in [5, 5.41) is 11.3. The summed E-state index contributed by atoms with van der Waals surface area (Å²) < 4.78 is 0. The van der Waals surface area contributed by atoms with Crippen LogP contribution in [0, 0.1) is 18.8 Å². The molecule has 0 aliphatic heterocycles. The monoisotopic (exact) mass is 189 g/mol. The molecule has 1 aromatic carbocycles. The number of rotatable bonds is 2. The number of para-hydroxylation sites is 1. The first-order chi connectivity index (χ1) is 6.70. The van der Waals surface area contributed by atoms with Gasteiger partial charge in [0.25, 0.3) is 0 Å². The lowest BCUT2D eigenvalue weighted by Crippen LogP contribution is -2.01. The molecule has 0 fully saturated rings. The number of aliphatic carboxylic acids is 1. The summed E-state index contributed by atoms with van der Waals surface area (Å²) in [7, 11) is 0. The molecule has 1 rings (SSSR count). The number of carboxylic acid groups (broad SMARTS) is 1. The van der Waals surface area contributed by atoms with Crippen molar-refractivity contribution in [1.29, 1.82) is 0 Å². The highest BCUT2D eigenvalue weighted by molar-refractivity contribution is 5.86. The molecule has 0 unspecified atom stereocenters. The second kappa shape index (κ2) is 4.93. The maximum Gasteiger partial charge on any atom is 0.381 e. The molecule has 0 bridgehead atoms. The fourth-order valence-electron chi connectivity index (χ4n) is 1.03. The quantitative estimate of drug-likeness (QED) is 0.693. The number of anilines is 1. The van der Waals surface area contributed by atoms with E-state index in [0.29, 0.717) is 6.54 Å². The molecule has 0 aliphatic carbocycles. The minimum Gasteiger partial charge on any atom is -0.472 e. The van der Waals surface area contributed by atoms with Gasteiger partial charge in [0.2, 0.25) is 0 Å². The Morgan fingerprint density at radius 1 is 1.50 bits per heavy atom. The Bertz CT molecular complexity index is 388. The van der Waals surface area contributed by atoms with E-state index in [9.17, 15) is 4.79 Å². The highest BCUT2D eigenvalue weighted by atomic mass is 16.4. The largest absolute Gasteiger partial charge is 0.472 e. The van der Waals surface area contributed by atoms with Crippen LogP contribution in [0.25, 0.3) is 0 Å². The standard InChI is InChI=1S/C11H11NO2/c1-9-5-2-3-6-10(9)12-8-4-7-11(13)14/h2-3,5-6,12H,8H2,1H3,(H,13,14). The van der Waals surface area contributed by atoms with E-state index in [1.807, 2.05) is 37.1 Å². The predicted molar refractivity (Wildman–Crippen MR) is 55.1 cm³/mol. The third-order valence-corrected chi connectivity index (χ3v) is 1.71. The fourth-order valence-corrected chi connectivity index (χ4v) is 1.03. The Balaban J connectivity index is 2.52. The van der Waals surface area contributed by atoms with Gasteiger partial charge in [0.05, 0.1) is 6.54 Å². The molecule has 0 heterocycles. The number of benzene rings is 1. The normalized spacial score (nSPS) is 8.64. The second-order valence-corrected chi connectivity index (χ2v) is 2.78. The van der Waals surface area contributed by atoms with Gasteiger partial charge in [-0.2, -0.15) is 0 Å². The van der Waals surface area contributed by atoms with E-state index >= 15 is 0 Å². The molecule has 0 aliphatic rings. The van der Waals surface area contributed by atoms with Crippen LogP contribution in [-0.4, -0.2) is 17.6 Å². The summed E-state index contributed by atoms with van der Waals surface area (Å²) in [6, 6.07) is 7.77. The van der Waals surface area contributed by atoms with E-state index in [1.54, 1.807) is 0 Å². The van der Waals surface area contributed by atoms with E-state index in [2.05, 4.69) is 11.2 Å². The molecule has 0 aromatic heterocycles. The Labute approximate surface area is 82.8 Å². The number of aryl methyl sites for hydroxylation is 1. The van der Waals surface area contributed by atoms with E-state index in [-0.39, 0.29) is 0 Å². The SMILES string of the molecule is Cc1ccccc1NCC#CC(=O)O. The molecule has 0 spiro atoms. The van der Waals surface area contributed by atoms with E-state index in [1.165, 1.54) is 0 Å². The maximum absolute atomic E-state index is 10.1. The number of hydrogen-bond acceptors (Lipinski definition) is 2. The van der Waals surface area contributed by atoms with Gasteiger partial charge in [-0.3, -0.25) is 0 Å². The van der Waals surface area contributed by atoms with E-state index in [4.69, 9.17) is 5.11 Å². The topological polar surface area (TPSA) is 49.3 Å². The first-order valence-electron chi connectivity index (χ1n) is 4.21. The maximum atomic E-state index is 10.1. The zero-order valence-corrected chi connectivity index (χ0v) is 7.87. The van der Waals surface area contributed by atoms with Gasteiger partial charge in [-0.05, 0) is 18.6 Å². The van der Waals surface area contributed by atoms with Crippen LogP contribution in [0.1, 0.15) is 5.56 Å². The van der Waals surface area contributed by atoms with Gasteiger partial charge in [0.1, 0.15) is 0 Å². The molecule has 3 heteroatoms. The summed E-state index contributed by atoms with van der Waals surface area (Å²) in [4.78, 5) is 10.1. The molecule has 0 radical (unpaired) electrons. The van der Waals surface area contributed by atoms with Crippen molar-refractivity contribution in [3.05, 3.63) is 29.8 Å². The lowest BCUT2D eigenvalue weighted by molar-refractivity contribution is -0.130. The predicted octanol–water partition coefficient (Wildman–Crippen LogP) is 1.49. The lowest BCUT2D eigenvalue weighted by Gasteiger charge is -2.04. The molecule has 72 valence electrons. The van der Waals surface area contributed by atoms with Crippen LogP contribution in [0.5, 0.6) is 0 Å². The Kier molecular flexibility index (Phi) is 3.57. The molecule has 0 saturated carbocycles. The van der Waals surface area contributed by atoms with Crippen LogP contribution in [0.15, 0.2) is 24.3 Å². The van der Waals surface area contributed by atoms with Crippen LogP contribution >= 0.6 is 0 Å². The molecule has 2 N–H and O–H groups in total. The van der Waals surface area contributed by atoms with E-state index < -0.39 is 5.97 Å². The summed E-state index contributed by atoms with van der Waals surface area (Å²) in [5.74, 6) is 3.44. The molecule has 14 heavy (non-hydrogen) atoms. The first-order valence-corrected chi connectivity index (χ1v) is 4.21. The van der Waals surface area contributed by atoms with Crippen molar-refractivity contribution in [3.63, 3.8) is 0 Å². The van der Waals surface area contributed by atoms with Crippen molar-refractivity contribution >= 4 is 11.7 Å².